The lowest BCUT2D eigenvalue weighted by Gasteiger charge is -2.02. The Morgan fingerprint density at radius 2 is 1.80 bits per heavy atom. The van der Waals surface area contributed by atoms with Crippen molar-refractivity contribution in [2.45, 2.75) is 6.54 Å². The number of nitrogens with zero attached hydrogens (tertiary/aromatic N) is 6. The molecular formula is C19H13N6+. The van der Waals surface area contributed by atoms with Crippen LogP contribution in [0.1, 0.15) is 5.56 Å². The summed E-state index contributed by atoms with van der Waals surface area (Å²) in [7, 11) is 0. The summed E-state index contributed by atoms with van der Waals surface area (Å²) in [5, 5.41) is 4.52. The van der Waals surface area contributed by atoms with Gasteiger partial charge < -0.3 is 0 Å². The summed E-state index contributed by atoms with van der Waals surface area (Å²) >= 11 is 0. The average molecular weight is 325 g/mol. The molecule has 0 fully saturated rings. The van der Waals surface area contributed by atoms with Gasteiger partial charge in [0.1, 0.15) is 11.4 Å². The molecule has 4 aromatic heterocycles. The number of fused-ring (bicyclic) bond motifs is 7. The molecule has 0 atom stereocenters. The van der Waals surface area contributed by atoms with Gasteiger partial charge in [-0.3, -0.25) is 0 Å². The number of benzene rings is 1. The normalized spacial score (nSPS) is 12.6. The molecule has 118 valence electrons. The van der Waals surface area contributed by atoms with Crippen molar-refractivity contribution in [1.29, 1.82) is 0 Å². The van der Waals surface area contributed by atoms with Gasteiger partial charge in [-0.1, -0.05) is 24.3 Å². The summed E-state index contributed by atoms with van der Waals surface area (Å²) in [6.07, 6.45) is 3.64. The zero-order valence-corrected chi connectivity index (χ0v) is 13.2. The monoisotopic (exact) mass is 325 g/mol. The molecule has 0 saturated heterocycles. The van der Waals surface area contributed by atoms with Crippen molar-refractivity contribution < 1.29 is 4.57 Å². The van der Waals surface area contributed by atoms with E-state index >= 15 is 0 Å². The lowest BCUT2D eigenvalue weighted by atomic mass is 10.2. The van der Waals surface area contributed by atoms with Crippen molar-refractivity contribution in [1.82, 2.24) is 24.1 Å². The third-order valence-corrected chi connectivity index (χ3v) is 4.73. The van der Waals surface area contributed by atoms with Gasteiger partial charge in [-0.05, 0) is 24.3 Å². The maximum atomic E-state index is 4.84. The molecular weight excluding hydrogens is 312 g/mol. The van der Waals surface area contributed by atoms with Gasteiger partial charge in [0.15, 0.2) is 0 Å². The first kappa shape index (κ1) is 12.8. The first-order valence-corrected chi connectivity index (χ1v) is 8.19. The lowest BCUT2D eigenvalue weighted by molar-refractivity contribution is -0.648. The molecule has 0 aliphatic carbocycles. The Kier molecular flexibility index (Phi) is 2.31. The second-order valence-electron chi connectivity index (χ2n) is 6.14. The van der Waals surface area contributed by atoms with Crippen molar-refractivity contribution in [2.75, 3.05) is 0 Å². The molecule has 0 bridgehead atoms. The Labute approximate surface area is 142 Å². The topological polar surface area (TPSA) is 51.9 Å². The number of hydrogen-bond donors (Lipinski definition) is 0. The van der Waals surface area contributed by atoms with Crippen LogP contribution in [0.5, 0.6) is 0 Å². The molecule has 5 heterocycles. The van der Waals surface area contributed by atoms with Crippen molar-refractivity contribution >= 4 is 16.9 Å². The molecule has 0 amide bonds. The van der Waals surface area contributed by atoms with Gasteiger partial charge in [-0.25, -0.2) is 14.1 Å². The highest BCUT2D eigenvalue weighted by atomic mass is 15.4. The third-order valence-electron chi connectivity index (χ3n) is 4.73. The highest BCUT2D eigenvalue weighted by Gasteiger charge is 2.37. The molecule has 25 heavy (non-hydrogen) atoms. The van der Waals surface area contributed by atoms with E-state index in [9.17, 15) is 0 Å². The van der Waals surface area contributed by atoms with Crippen LogP contribution in [0, 0.1) is 0 Å². The fourth-order valence-corrected chi connectivity index (χ4v) is 3.71. The Morgan fingerprint density at radius 3 is 2.72 bits per heavy atom. The van der Waals surface area contributed by atoms with E-state index in [-0.39, 0.29) is 0 Å². The summed E-state index contributed by atoms with van der Waals surface area (Å²) < 4.78 is 6.35. The van der Waals surface area contributed by atoms with E-state index < -0.39 is 0 Å². The molecule has 0 spiro atoms. The largest absolute Gasteiger partial charge is 0.315 e. The molecule has 0 radical (unpaired) electrons. The quantitative estimate of drug-likeness (QED) is 0.436. The minimum atomic E-state index is 0.777. The van der Waals surface area contributed by atoms with E-state index in [1.807, 2.05) is 47.1 Å². The average Bonchev–Trinajstić information content (AvgIpc) is 3.29. The molecule has 0 saturated carbocycles. The molecule has 6 rings (SSSR count). The predicted molar refractivity (Wildman–Crippen MR) is 92.3 cm³/mol. The summed E-state index contributed by atoms with van der Waals surface area (Å²) in [4.78, 5) is 9.49. The van der Waals surface area contributed by atoms with Gasteiger partial charge in [0.25, 0.3) is 11.5 Å². The first-order chi connectivity index (χ1) is 12.4. The predicted octanol–water partition coefficient (Wildman–Crippen LogP) is 2.38. The van der Waals surface area contributed by atoms with Crippen molar-refractivity contribution in [3.8, 4) is 17.2 Å². The van der Waals surface area contributed by atoms with Crippen LogP contribution >= 0.6 is 0 Å². The van der Waals surface area contributed by atoms with E-state index in [1.165, 1.54) is 5.56 Å². The van der Waals surface area contributed by atoms with E-state index in [4.69, 9.17) is 4.98 Å². The zero-order chi connectivity index (χ0) is 16.4. The summed E-state index contributed by atoms with van der Waals surface area (Å²) in [6.45, 7) is 0.777. The van der Waals surface area contributed by atoms with Crippen LogP contribution in [0.2, 0.25) is 0 Å². The van der Waals surface area contributed by atoms with E-state index in [0.29, 0.717) is 0 Å². The summed E-state index contributed by atoms with van der Waals surface area (Å²) in [5.41, 5.74) is 6.03. The Balaban J connectivity index is 1.83. The molecule has 0 unspecified atom stereocenters. The Bertz CT molecular complexity index is 1270. The van der Waals surface area contributed by atoms with E-state index in [1.54, 1.807) is 6.20 Å². The fourth-order valence-electron chi connectivity index (χ4n) is 3.71. The molecule has 1 aliphatic heterocycles. The number of rotatable bonds is 1. The second kappa shape index (κ2) is 4.51. The van der Waals surface area contributed by atoms with Gasteiger partial charge >= 0.3 is 5.65 Å². The SMILES string of the molecule is c1ccc(-n2c3[n+](c4c2nc2cccnn24)Cc2cccnc2-3)cc1. The van der Waals surface area contributed by atoms with Crippen LogP contribution in [0.3, 0.4) is 0 Å². The van der Waals surface area contributed by atoms with Crippen LogP contribution in [0.4, 0.5) is 0 Å². The maximum Gasteiger partial charge on any atom is 0.315 e. The molecule has 6 nitrogen and oxygen atoms in total. The molecule has 1 aromatic carbocycles. The number of imidazole rings is 2. The molecule has 0 N–H and O–H groups in total. The zero-order valence-electron chi connectivity index (χ0n) is 13.2. The van der Waals surface area contributed by atoms with Gasteiger partial charge in [-0.15, -0.1) is 9.61 Å². The highest BCUT2D eigenvalue weighted by Crippen LogP contribution is 2.32. The van der Waals surface area contributed by atoms with E-state index in [0.717, 1.165) is 40.7 Å². The van der Waals surface area contributed by atoms with Crippen LogP contribution in [0.15, 0.2) is 67.0 Å². The van der Waals surface area contributed by atoms with Crippen LogP contribution in [-0.2, 0) is 6.54 Å². The van der Waals surface area contributed by atoms with Crippen LogP contribution in [0.25, 0.3) is 34.1 Å². The number of aromatic nitrogens is 6. The number of para-hydroxylation sites is 1. The smallest absolute Gasteiger partial charge is 0.249 e. The van der Waals surface area contributed by atoms with E-state index in [2.05, 4.69) is 37.4 Å². The van der Waals surface area contributed by atoms with Crippen molar-refractivity contribution in [3.63, 3.8) is 0 Å². The van der Waals surface area contributed by atoms with Crippen LogP contribution in [-0.4, -0.2) is 24.1 Å². The lowest BCUT2D eigenvalue weighted by Crippen LogP contribution is -2.33. The summed E-state index contributed by atoms with van der Waals surface area (Å²) in [6, 6.07) is 18.3. The van der Waals surface area contributed by atoms with Gasteiger partial charge in [0, 0.05) is 17.8 Å². The minimum Gasteiger partial charge on any atom is -0.249 e. The van der Waals surface area contributed by atoms with Crippen molar-refractivity contribution in [2.24, 2.45) is 0 Å². The second-order valence-corrected chi connectivity index (χ2v) is 6.14. The molecule has 1 aliphatic rings. The molecule has 5 aromatic rings. The van der Waals surface area contributed by atoms with Gasteiger partial charge in [0.2, 0.25) is 5.65 Å². The van der Waals surface area contributed by atoms with Crippen molar-refractivity contribution in [3.05, 3.63) is 72.6 Å². The standard InChI is InChI=1S/C19H13N6/c1-2-7-14(8-3-1)24-17-19(25-15(22-17)9-5-11-21-25)23-12-13-6-4-10-20-16(13)18(23)24/h1-11H,12H2/q+1. The van der Waals surface area contributed by atoms with Crippen LogP contribution < -0.4 is 4.57 Å². The number of pyridine rings is 1. The Hall–Kier alpha value is -3.54. The maximum absolute atomic E-state index is 4.84. The van der Waals surface area contributed by atoms with Gasteiger partial charge in [0.05, 0.1) is 12.7 Å². The first-order valence-electron chi connectivity index (χ1n) is 8.19. The highest BCUT2D eigenvalue weighted by molar-refractivity contribution is 5.78. The van der Waals surface area contributed by atoms with Gasteiger partial charge in [-0.2, -0.15) is 4.98 Å². The number of hydrogen-bond acceptors (Lipinski definition) is 3. The fraction of sp³-hybridized carbons (Fsp3) is 0.0526. The Morgan fingerprint density at radius 1 is 0.920 bits per heavy atom. The molecule has 6 heteroatoms. The summed E-state index contributed by atoms with van der Waals surface area (Å²) in [5.74, 6) is 1.05. The third kappa shape index (κ3) is 1.58. The minimum absolute atomic E-state index is 0.777.